The van der Waals surface area contributed by atoms with Crippen molar-refractivity contribution in [2.75, 3.05) is 7.11 Å². The van der Waals surface area contributed by atoms with Crippen molar-refractivity contribution in [1.82, 2.24) is 5.32 Å². The molecule has 5 nitrogen and oxygen atoms in total. The standard InChI is InChI=1S/C25H39NO4/c1-14(2)10-19-23-17(5)16(4)12-18-11-15(3)8-7-9-20(27)21(30-6)13-22(28)25(18,23)24(29)26-19/h11-12,14,17-21,23,27H,7-10,13H2,1-6H3,(H,26,29)/b15-11+/t17-,18+,19+,20+,21-,23+,25-/m1/s1. The van der Waals surface area contributed by atoms with Crippen LogP contribution in [-0.4, -0.2) is 42.2 Å². The summed E-state index contributed by atoms with van der Waals surface area (Å²) >= 11 is 0. The van der Waals surface area contributed by atoms with E-state index in [4.69, 9.17) is 4.74 Å². The summed E-state index contributed by atoms with van der Waals surface area (Å²) in [4.78, 5) is 27.6. The lowest BCUT2D eigenvalue weighted by molar-refractivity contribution is -0.148. The predicted molar refractivity (Wildman–Crippen MR) is 118 cm³/mol. The number of rotatable bonds is 3. The molecule has 1 aliphatic heterocycles. The Bertz CT molecular complexity index is 739. The number of hydrogen-bond acceptors (Lipinski definition) is 4. The molecule has 3 rings (SSSR count). The van der Waals surface area contributed by atoms with Crippen LogP contribution in [0, 0.1) is 29.1 Å². The largest absolute Gasteiger partial charge is 0.390 e. The molecule has 30 heavy (non-hydrogen) atoms. The predicted octanol–water partition coefficient (Wildman–Crippen LogP) is 3.81. The molecule has 168 valence electrons. The molecule has 3 aliphatic rings. The average Bonchev–Trinajstić information content (AvgIpc) is 2.94. The highest BCUT2D eigenvalue weighted by Gasteiger charge is 2.65. The maximum absolute atomic E-state index is 14.0. The first-order valence-electron chi connectivity index (χ1n) is 11.5. The molecular formula is C25H39NO4. The van der Waals surface area contributed by atoms with E-state index in [-0.39, 0.29) is 41.9 Å². The summed E-state index contributed by atoms with van der Waals surface area (Å²) in [5, 5.41) is 13.9. The Hall–Kier alpha value is -1.46. The zero-order chi connectivity index (χ0) is 22.2. The number of carbonyl (C=O) groups is 2. The third-order valence-corrected chi connectivity index (χ3v) is 7.72. The molecule has 0 saturated carbocycles. The van der Waals surface area contributed by atoms with Gasteiger partial charge < -0.3 is 15.2 Å². The highest BCUT2D eigenvalue weighted by Crippen LogP contribution is 2.55. The highest BCUT2D eigenvalue weighted by atomic mass is 16.5. The molecule has 1 saturated heterocycles. The number of aliphatic hydroxyl groups is 1. The van der Waals surface area contributed by atoms with Crippen molar-refractivity contribution in [2.24, 2.45) is 29.1 Å². The van der Waals surface area contributed by atoms with Gasteiger partial charge in [-0.1, -0.05) is 44.1 Å². The molecule has 5 heteroatoms. The first-order chi connectivity index (χ1) is 14.1. The number of ether oxygens (including phenoxy) is 1. The first kappa shape index (κ1) is 23.2. The number of nitrogens with one attached hydrogen (secondary N) is 1. The van der Waals surface area contributed by atoms with E-state index in [1.165, 1.54) is 11.1 Å². The molecule has 1 fully saturated rings. The Labute approximate surface area is 181 Å². The third-order valence-electron chi connectivity index (χ3n) is 7.72. The van der Waals surface area contributed by atoms with E-state index >= 15 is 0 Å². The fourth-order valence-corrected chi connectivity index (χ4v) is 6.10. The quantitative estimate of drug-likeness (QED) is 0.541. The summed E-state index contributed by atoms with van der Waals surface area (Å²) in [6.45, 7) is 10.7. The van der Waals surface area contributed by atoms with Crippen LogP contribution in [0.25, 0.3) is 0 Å². The van der Waals surface area contributed by atoms with E-state index in [1.54, 1.807) is 7.11 Å². The highest BCUT2D eigenvalue weighted by molar-refractivity contribution is 6.09. The van der Waals surface area contributed by atoms with Crippen LogP contribution in [-0.2, 0) is 14.3 Å². The lowest BCUT2D eigenvalue weighted by atomic mass is 9.54. The Morgan fingerprint density at radius 2 is 1.97 bits per heavy atom. The van der Waals surface area contributed by atoms with Crippen molar-refractivity contribution in [1.29, 1.82) is 0 Å². The molecule has 7 atom stereocenters. The van der Waals surface area contributed by atoms with E-state index in [9.17, 15) is 14.7 Å². The van der Waals surface area contributed by atoms with Gasteiger partial charge in [0.05, 0.1) is 12.2 Å². The lowest BCUT2D eigenvalue weighted by Gasteiger charge is -2.45. The van der Waals surface area contributed by atoms with Crippen LogP contribution in [0.2, 0.25) is 0 Å². The number of hydrogen-bond donors (Lipinski definition) is 2. The second-order valence-electron chi connectivity index (χ2n) is 10.2. The molecule has 2 aliphatic carbocycles. The number of aliphatic hydroxyl groups excluding tert-OH is 1. The van der Waals surface area contributed by atoms with E-state index in [0.717, 1.165) is 19.3 Å². The van der Waals surface area contributed by atoms with Crippen LogP contribution in [0.1, 0.15) is 66.7 Å². The van der Waals surface area contributed by atoms with Gasteiger partial charge in [0, 0.05) is 31.4 Å². The second kappa shape index (κ2) is 8.96. The van der Waals surface area contributed by atoms with E-state index in [1.807, 2.05) is 0 Å². The summed E-state index contributed by atoms with van der Waals surface area (Å²) < 4.78 is 5.54. The molecule has 1 amide bonds. The zero-order valence-electron chi connectivity index (χ0n) is 19.4. The Balaban J connectivity index is 2.18. The zero-order valence-corrected chi connectivity index (χ0v) is 19.4. The molecule has 0 aromatic heterocycles. The van der Waals surface area contributed by atoms with Crippen LogP contribution >= 0.6 is 0 Å². The molecule has 1 heterocycles. The second-order valence-corrected chi connectivity index (χ2v) is 10.2. The lowest BCUT2D eigenvalue weighted by Crippen LogP contribution is -2.53. The fraction of sp³-hybridized carbons (Fsp3) is 0.760. The Morgan fingerprint density at radius 3 is 2.60 bits per heavy atom. The van der Waals surface area contributed by atoms with Crippen LogP contribution < -0.4 is 5.32 Å². The summed E-state index contributed by atoms with van der Waals surface area (Å²) in [5.41, 5.74) is 1.30. The van der Waals surface area contributed by atoms with Gasteiger partial charge in [-0.25, -0.2) is 0 Å². The monoisotopic (exact) mass is 417 g/mol. The number of ketones is 1. The van der Waals surface area contributed by atoms with Crippen molar-refractivity contribution in [3.63, 3.8) is 0 Å². The summed E-state index contributed by atoms with van der Waals surface area (Å²) in [5.74, 6) is -0.0146. The number of methoxy groups -OCH3 is 1. The van der Waals surface area contributed by atoms with Crippen LogP contribution in [0.15, 0.2) is 23.3 Å². The van der Waals surface area contributed by atoms with E-state index in [2.05, 4.69) is 52.1 Å². The molecule has 2 N–H and O–H groups in total. The molecule has 0 aromatic rings. The summed E-state index contributed by atoms with van der Waals surface area (Å²) in [6, 6.07) is -0.0210. The van der Waals surface area contributed by atoms with E-state index < -0.39 is 17.6 Å². The maximum Gasteiger partial charge on any atom is 0.235 e. The minimum absolute atomic E-state index is 0.0210. The smallest absolute Gasteiger partial charge is 0.235 e. The van der Waals surface area contributed by atoms with Crippen molar-refractivity contribution in [2.45, 2.75) is 85.0 Å². The van der Waals surface area contributed by atoms with Gasteiger partial charge in [0.25, 0.3) is 0 Å². The maximum atomic E-state index is 14.0. The number of amides is 1. The van der Waals surface area contributed by atoms with Crippen LogP contribution in [0.5, 0.6) is 0 Å². The van der Waals surface area contributed by atoms with Gasteiger partial charge in [-0.2, -0.15) is 0 Å². The van der Waals surface area contributed by atoms with Crippen LogP contribution in [0.4, 0.5) is 0 Å². The number of carbonyl (C=O) groups excluding carboxylic acids is 2. The molecule has 0 aromatic carbocycles. The minimum Gasteiger partial charge on any atom is -0.390 e. The van der Waals surface area contributed by atoms with Gasteiger partial charge >= 0.3 is 0 Å². The Morgan fingerprint density at radius 1 is 1.27 bits per heavy atom. The minimum atomic E-state index is -1.12. The molecule has 1 spiro atoms. The van der Waals surface area contributed by atoms with Crippen molar-refractivity contribution < 1.29 is 19.4 Å². The van der Waals surface area contributed by atoms with Gasteiger partial charge in [-0.15, -0.1) is 0 Å². The topological polar surface area (TPSA) is 75.6 Å². The molecular weight excluding hydrogens is 378 g/mol. The van der Waals surface area contributed by atoms with Crippen molar-refractivity contribution >= 4 is 11.7 Å². The third kappa shape index (κ3) is 3.91. The normalized spacial score (nSPS) is 41.9. The van der Waals surface area contributed by atoms with E-state index in [0.29, 0.717) is 12.3 Å². The first-order valence-corrected chi connectivity index (χ1v) is 11.5. The van der Waals surface area contributed by atoms with Gasteiger partial charge in [0.2, 0.25) is 5.91 Å². The van der Waals surface area contributed by atoms with Crippen LogP contribution in [0.3, 0.4) is 0 Å². The summed E-state index contributed by atoms with van der Waals surface area (Å²) in [7, 11) is 1.54. The molecule has 0 unspecified atom stereocenters. The van der Waals surface area contributed by atoms with Crippen molar-refractivity contribution in [3.05, 3.63) is 23.3 Å². The Kier molecular flexibility index (Phi) is 6.93. The molecule has 0 radical (unpaired) electrons. The van der Waals surface area contributed by atoms with Gasteiger partial charge in [-0.05, 0) is 51.4 Å². The SMILES string of the molecule is CO[C@@H]1CC(=O)[C@@]23C(=O)N[C@@H](CC(C)C)[C@@H]2[C@H](C)C(C)=C[C@@H]3/C=C(\C)CCC[C@@H]1O. The molecule has 0 bridgehead atoms. The summed E-state index contributed by atoms with van der Waals surface area (Å²) in [6.07, 6.45) is 6.21. The van der Waals surface area contributed by atoms with Gasteiger partial charge in [0.1, 0.15) is 5.41 Å². The van der Waals surface area contributed by atoms with Crippen molar-refractivity contribution in [3.8, 4) is 0 Å². The average molecular weight is 418 g/mol. The number of allylic oxidation sites excluding steroid dienone is 4. The van der Waals surface area contributed by atoms with Gasteiger partial charge in [0.15, 0.2) is 5.78 Å². The number of Topliss-reactive ketones (excluding diaryl/α,β-unsaturated/α-hetero) is 1. The van der Waals surface area contributed by atoms with Gasteiger partial charge in [-0.3, -0.25) is 9.59 Å². The fourth-order valence-electron chi connectivity index (χ4n) is 6.10.